The van der Waals surface area contributed by atoms with Crippen molar-refractivity contribution in [2.75, 3.05) is 0 Å². The molecule has 0 fully saturated rings. The summed E-state index contributed by atoms with van der Waals surface area (Å²) in [5.74, 6) is 0.387. The van der Waals surface area contributed by atoms with E-state index in [0.29, 0.717) is 12.3 Å². The van der Waals surface area contributed by atoms with Gasteiger partial charge in [0.2, 0.25) is 0 Å². The van der Waals surface area contributed by atoms with Crippen LogP contribution in [0, 0.1) is 19.8 Å². The summed E-state index contributed by atoms with van der Waals surface area (Å²) in [6.07, 6.45) is 1.46. The highest BCUT2D eigenvalue weighted by Crippen LogP contribution is 2.22. The van der Waals surface area contributed by atoms with Crippen LogP contribution >= 0.6 is 0 Å². The fraction of sp³-hybridized carbons (Fsp3) is 0.588. The van der Waals surface area contributed by atoms with E-state index in [9.17, 15) is 9.90 Å². The van der Waals surface area contributed by atoms with Gasteiger partial charge in [-0.2, -0.15) is 0 Å². The molecule has 0 amide bonds. The second-order valence-corrected chi connectivity index (χ2v) is 5.75. The van der Waals surface area contributed by atoms with Crippen LogP contribution in [0.25, 0.3) is 0 Å². The zero-order valence-corrected chi connectivity index (χ0v) is 12.8. The number of hydrogen-bond donors (Lipinski definition) is 1. The molecule has 0 spiro atoms. The van der Waals surface area contributed by atoms with Gasteiger partial charge in [0, 0.05) is 5.56 Å². The summed E-state index contributed by atoms with van der Waals surface area (Å²) in [4.78, 5) is 12.4. The summed E-state index contributed by atoms with van der Waals surface area (Å²) in [5, 5.41) is 10.1. The topological polar surface area (TPSA) is 37.3 Å². The molecule has 0 bridgehead atoms. The molecular weight excluding hydrogens is 236 g/mol. The highest BCUT2D eigenvalue weighted by atomic mass is 16.3. The highest BCUT2D eigenvalue weighted by Gasteiger charge is 2.21. The molecule has 1 unspecified atom stereocenters. The molecule has 2 nitrogen and oxygen atoms in total. The number of Topliss-reactive ketones (excluding diaryl/α,β-unsaturated/α-hetero) is 1. The number of hydrogen-bond acceptors (Lipinski definition) is 2. The first kappa shape index (κ1) is 15.9. The Morgan fingerprint density at radius 2 is 1.84 bits per heavy atom. The minimum Gasteiger partial charge on any atom is -0.385 e. The van der Waals surface area contributed by atoms with E-state index >= 15 is 0 Å². The van der Waals surface area contributed by atoms with Gasteiger partial charge in [-0.15, -0.1) is 0 Å². The van der Waals surface area contributed by atoms with Crippen molar-refractivity contribution in [1.82, 2.24) is 0 Å². The minimum absolute atomic E-state index is 0.119. The van der Waals surface area contributed by atoms with Gasteiger partial charge >= 0.3 is 0 Å². The Bertz CT molecular complexity index is 447. The first-order valence-corrected chi connectivity index (χ1v) is 7.19. The molecule has 1 rings (SSSR count). The Hall–Kier alpha value is -1.15. The van der Waals surface area contributed by atoms with Gasteiger partial charge in [0.1, 0.15) is 6.10 Å². The van der Waals surface area contributed by atoms with Crippen molar-refractivity contribution < 1.29 is 9.90 Å². The summed E-state index contributed by atoms with van der Waals surface area (Å²) in [7, 11) is 0. The smallest absolute Gasteiger partial charge is 0.191 e. The normalized spacial score (nSPS) is 12.8. The summed E-state index contributed by atoms with van der Waals surface area (Å²) < 4.78 is 0. The van der Waals surface area contributed by atoms with Crippen molar-refractivity contribution in [3.8, 4) is 0 Å². The lowest BCUT2D eigenvalue weighted by Crippen LogP contribution is -2.23. The van der Waals surface area contributed by atoms with E-state index < -0.39 is 6.10 Å². The van der Waals surface area contributed by atoms with Gasteiger partial charge in [0.25, 0.3) is 0 Å². The maximum absolute atomic E-state index is 12.4. The van der Waals surface area contributed by atoms with E-state index in [-0.39, 0.29) is 5.78 Å². The second kappa shape index (κ2) is 6.85. The van der Waals surface area contributed by atoms with Crippen LogP contribution in [0.1, 0.15) is 60.7 Å². The van der Waals surface area contributed by atoms with Crippen molar-refractivity contribution >= 4 is 5.78 Å². The quantitative estimate of drug-likeness (QED) is 0.791. The van der Waals surface area contributed by atoms with Gasteiger partial charge in [0.15, 0.2) is 5.78 Å². The van der Waals surface area contributed by atoms with Crippen molar-refractivity contribution in [3.63, 3.8) is 0 Å². The predicted molar refractivity (Wildman–Crippen MR) is 79.7 cm³/mol. The predicted octanol–water partition coefficient (Wildman–Crippen LogP) is 3.85. The van der Waals surface area contributed by atoms with E-state index in [4.69, 9.17) is 0 Å². The van der Waals surface area contributed by atoms with Gasteiger partial charge in [-0.3, -0.25) is 4.79 Å². The molecule has 1 aromatic rings. The standard InChI is InChI=1S/C17H26O2/c1-6-14-9-8-12(4)16(13(14)5)17(19)15(18)10-7-11(2)3/h8-9,11,15,18H,6-7,10H2,1-5H3. The fourth-order valence-corrected chi connectivity index (χ4v) is 2.44. The third-order valence-corrected chi connectivity index (χ3v) is 3.73. The zero-order chi connectivity index (χ0) is 14.6. The van der Waals surface area contributed by atoms with Crippen molar-refractivity contribution in [3.05, 3.63) is 34.4 Å². The van der Waals surface area contributed by atoms with Crippen LogP contribution in [-0.4, -0.2) is 17.0 Å². The monoisotopic (exact) mass is 262 g/mol. The number of aliphatic hydroxyl groups is 1. The molecule has 106 valence electrons. The number of rotatable bonds is 6. The van der Waals surface area contributed by atoms with E-state index in [2.05, 4.69) is 26.8 Å². The van der Waals surface area contributed by atoms with Gasteiger partial charge < -0.3 is 5.11 Å². The van der Waals surface area contributed by atoms with Gasteiger partial charge in [-0.1, -0.05) is 32.9 Å². The fourth-order valence-electron chi connectivity index (χ4n) is 2.44. The first-order valence-electron chi connectivity index (χ1n) is 7.19. The van der Waals surface area contributed by atoms with Crippen LogP contribution in [0.2, 0.25) is 0 Å². The van der Waals surface area contributed by atoms with E-state index in [1.807, 2.05) is 19.9 Å². The van der Waals surface area contributed by atoms with Crippen LogP contribution in [-0.2, 0) is 6.42 Å². The third kappa shape index (κ3) is 3.90. The Morgan fingerprint density at radius 3 is 2.37 bits per heavy atom. The maximum Gasteiger partial charge on any atom is 0.191 e. The molecule has 19 heavy (non-hydrogen) atoms. The van der Waals surface area contributed by atoms with Crippen LogP contribution in [0.4, 0.5) is 0 Å². The number of ketones is 1. The average Bonchev–Trinajstić information content (AvgIpc) is 2.36. The Kier molecular flexibility index (Phi) is 5.74. The molecule has 0 aliphatic carbocycles. The summed E-state index contributed by atoms with van der Waals surface area (Å²) in [6.45, 7) is 10.2. The van der Waals surface area contributed by atoms with Crippen LogP contribution in [0.3, 0.4) is 0 Å². The average molecular weight is 262 g/mol. The molecule has 2 heteroatoms. The highest BCUT2D eigenvalue weighted by molar-refractivity contribution is 6.02. The second-order valence-electron chi connectivity index (χ2n) is 5.75. The van der Waals surface area contributed by atoms with Crippen molar-refractivity contribution in [2.45, 2.75) is 60.0 Å². The summed E-state index contributed by atoms with van der Waals surface area (Å²) in [5.41, 5.74) is 3.89. The van der Waals surface area contributed by atoms with Crippen molar-refractivity contribution in [2.24, 2.45) is 5.92 Å². The number of aliphatic hydroxyl groups excluding tert-OH is 1. The maximum atomic E-state index is 12.4. The van der Waals surface area contributed by atoms with Crippen LogP contribution in [0.5, 0.6) is 0 Å². The molecule has 0 aromatic heterocycles. The molecule has 1 N–H and O–H groups in total. The lowest BCUT2D eigenvalue weighted by atomic mass is 9.90. The lowest BCUT2D eigenvalue weighted by Gasteiger charge is -2.16. The Balaban J connectivity index is 2.99. The molecule has 0 heterocycles. The molecule has 0 aliphatic rings. The van der Waals surface area contributed by atoms with Crippen LogP contribution < -0.4 is 0 Å². The van der Waals surface area contributed by atoms with E-state index in [1.165, 1.54) is 5.56 Å². The number of carbonyl (C=O) groups excluding carboxylic acids is 1. The van der Waals surface area contributed by atoms with Gasteiger partial charge in [-0.05, 0) is 55.7 Å². The Morgan fingerprint density at radius 1 is 1.21 bits per heavy atom. The van der Waals surface area contributed by atoms with E-state index in [1.54, 1.807) is 0 Å². The first-order chi connectivity index (χ1) is 8.88. The molecule has 1 aromatic carbocycles. The van der Waals surface area contributed by atoms with Gasteiger partial charge in [-0.25, -0.2) is 0 Å². The SMILES string of the molecule is CCc1ccc(C)c(C(=O)C(O)CCC(C)C)c1C. The van der Waals surface area contributed by atoms with Gasteiger partial charge in [0.05, 0.1) is 0 Å². The minimum atomic E-state index is -0.869. The molecule has 0 saturated carbocycles. The lowest BCUT2D eigenvalue weighted by molar-refractivity contribution is 0.0718. The molecule has 0 aliphatic heterocycles. The molecule has 0 saturated heterocycles. The summed E-state index contributed by atoms with van der Waals surface area (Å²) in [6, 6.07) is 4.05. The zero-order valence-electron chi connectivity index (χ0n) is 12.8. The number of benzene rings is 1. The molecular formula is C17H26O2. The third-order valence-electron chi connectivity index (χ3n) is 3.73. The number of carbonyl (C=O) groups is 1. The molecule has 0 radical (unpaired) electrons. The summed E-state index contributed by atoms with van der Waals surface area (Å²) >= 11 is 0. The van der Waals surface area contributed by atoms with Crippen LogP contribution in [0.15, 0.2) is 12.1 Å². The number of aryl methyl sites for hydroxylation is 2. The van der Waals surface area contributed by atoms with E-state index in [0.717, 1.165) is 29.5 Å². The molecule has 1 atom stereocenters. The largest absolute Gasteiger partial charge is 0.385 e. The van der Waals surface area contributed by atoms with Crippen molar-refractivity contribution in [1.29, 1.82) is 0 Å². The Labute approximate surface area is 116 Å².